The molecule has 1 atom stereocenters. The van der Waals surface area contributed by atoms with Gasteiger partial charge in [0.2, 0.25) is 21.8 Å². The molecule has 8 heteroatoms. The fourth-order valence-electron chi connectivity index (χ4n) is 5.31. The molecule has 7 nitrogen and oxygen atoms in total. The minimum Gasteiger partial charge on any atom is -0.352 e. The first-order valence-corrected chi connectivity index (χ1v) is 15.8. The first kappa shape index (κ1) is 29.3. The highest BCUT2D eigenvalue weighted by molar-refractivity contribution is 7.92. The van der Waals surface area contributed by atoms with E-state index in [0.29, 0.717) is 12.1 Å². The number of amides is 2. The molecule has 0 unspecified atom stereocenters. The maximum atomic E-state index is 14.1. The maximum absolute atomic E-state index is 14.1. The lowest BCUT2D eigenvalue weighted by atomic mass is 9.94. The predicted molar refractivity (Wildman–Crippen MR) is 159 cm³/mol. The third-order valence-corrected chi connectivity index (χ3v) is 8.52. The van der Waals surface area contributed by atoms with Crippen LogP contribution in [0.4, 0.5) is 5.69 Å². The Bertz CT molecular complexity index is 1370. The van der Waals surface area contributed by atoms with E-state index >= 15 is 0 Å². The van der Waals surface area contributed by atoms with Crippen LogP contribution in [0.5, 0.6) is 0 Å². The predicted octanol–water partition coefficient (Wildman–Crippen LogP) is 4.85. The van der Waals surface area contributed by atoms with Gasteiger partial charge < -0.3 is 10.2 Å². The quantitative estimate of drug-likeness (QED) is 0.363. The van der Waals surface area contributed by atoms with Crippen molar-refractivity contribution in [3.8, 4) is 0 Å². The lowest BCUT2D eigenvalue weighted by molar-refractivity contribution is -0.140. The third-order valence-electron chi connectivity index (χ3n) is 7.38. The summed E-state index contributed by atoms with van der Waals surface area (Å²) >= 11 is 0. The van der Waals surface area contributed by atoms with E-state index in [1.165, 1.54) is 6.42 Å². The number of anilines is 1. The second-order valence-electron chi connectivity index (χ2n) is 10.7. The second-order valence-corrected chi connectivity index (χ2v) is 12.6. The number of hydrogen-bond acceptors (Lipinski definition) is 4. The number of benzene rings is 3. The Balaban J connectivity index is 1.71. The summed E-state index contributed by atoms with van der Waals surface area (Å²) in [5.74, 6) is -0.641. The van der Waals surface area contributed by atoms with Gasteiger partial charge in [-0.3, -0.25) is 13.9 Å². The van der Waals surface area contributed by atoms with Gasteiger partial charge >= 0.3 is 0 Å². The molecule has 1 saturated carbocycles. The average Bonchev–Trinajstić information content (AvgIpc) is 2.94. The van der Waals surface area contributed by atoms with Crippen molar-refractivity contribution in [2.24, 2.45) is 0 Å². The number of carbonyl (C=O) groups excluding carboxylic acids is 2. The van der Waals surface area contributed by atoms with E-state index in [1.54, 1.807) is 35.2 Å². The Kier molecular flexibility index (Phi) is 9.98. The van der Waals surface area contributed by atoms with Crippen molar-refractivity contribution in [1.82, 2.24) is 10.2 Å². The SMILES string of the molecule is Cc1cccc(CN(C(=O)CN(c2ccccc2)S(C)(=O)=O)[C@@H](Cc2ccccc2)C(=O)NC2CCCCC2)c1. The Labute approximate surface area is 238 Å². The topological polar surface area (TPSA) is 86.8 Å². The summed E-state index contributed by atoms with van der Waals surface area (Å²) in [5.41, 5.74) is 3.25. The fraction of sp³-hybridized carbons (Fsp3) is 0.375. The van der Waals surface area contributed by atoms with Gasteiger partial charge in [-0.1, -0.05) is 97.6 Å². The number of aryl methyl sites for hydroxylation is 1. The lowest BCUT2D eigenvalue weighted by Gasteiger charge is -2.35. The van der Waals surface area contributed by atoms with E-state index in [1.807, 2.05) is 61.5 Å². The molecule has 3 aromatic carbocycles. The van der Waals surface area contributed by atoms with Crippen LogP contribution in [-0.4, -0.2) is 50.0 Å². The monoisotopic (exact) mass is 561 g/mol. The molecule has 0 heterocycles. The molecule has 4 rings (SSSR count). The summed E-state index contributed by atoms with van der Waals surface area (Å²) in [6.45, 7) is 1.76. The van der Waals surface area contributed by atoms with Crippen LogP contribution < -0.4 is 9.62 Å². The van der Waals surface area contributed by atoms with Crippen molar-refractivity contribution in [3.63, 3.8) is 0 Å². The first-order valence-electron chi connectivity index (χ1n) is 13.9. The summed E-state index contributed by atoms with van der Waals surface area (Å²) in [7, 11) is -3.77. The van der Waals surface area contributed by atoms with Crippen LogP contribution in [0.15, 0.2) is 84.9 Å². The standard InChI is InChI=1S/C32H39N3O4S/c1-25-13-12-16-27(21-25)23-34(31(36)24-35(40(2,38)39)29-19-10-5-11-20-29)30(22-26-14-6-3-7-15-26)32(37)33-28-17-8-4-9-18-28/h3,5-7,10-16,19-21,28,30H,4,8-9,17-18,22-24H2,1-2H3,(H,33,37)/t30-/m0/s1. The van der Waals surface area contributed by atoms with Gasteiger partial charge in [0.05, 0.1) is 11.9 Å². The Morgan fingerprint density at radius 2 is 1.50 bits per heavy atom. The van der Waals surface area contributed by atoms with Crippen molar-refractivity contribution < 1.29 is 18.0 Å². The van der Waals surface area contributed by atoms with Gasteiger partial charge in [-0.2, -0.15) is 0 Å². The lowest BCUT2D eigenvalue weighted by Crippen LogP contribution is -2.55. The summed E-state index contributed by atoms with van der Waals surface area (Å²) in [6.07, 6.45) is 6.56. The molecule has 3 aromatic rings. The van der Waals surface area contributed by atoms with E-state index < -0.39 is 28.5 Å². The van der Waals surface area contributed by atoms with Crippen molar-refractivity contribution in [2.45, 2.75) is 64.1 Å². The zero-order chi connectivity index (χ0) is 28.5. The molecule has 1 aliphatic rings. The number of sulfonamides is 1. The highest BCUT2D eigenvalue weighted by Gasteiger charge is 2.34. The van der Waals surface area contributed by atoms with Crippen LogP contribution in [0, 0.1) is 6.92 Å². The molecule has 0 aliphatic heterocycles. The third kappa shape index (κ3) is 8.18. The highest BCUT2D eigenvalue weighted by Crippen LogP contribution is 2.22. The smallest absolute Gasteiger partial charge is 0.244 e. The molecular formula is C32H39N3O4S. The van der Waals surface area contributed by atoms with Gasteiger partial charge in [0, 0.05) is 19.0 Å². The van der Waals surface area contributed by atoms with Crippen molar-refractivity contribution in [2.75, 3.05) is 17.1 Å². The van der Waals surface area contributed by atoms with Gasteiger partial charge in [-0.25, -0.2) is 8.42 Å². The van der Waals surface area contributed by atoms with Crippen molar-refractivity contribution in [3.05, 3.63) is 102 Å². The van der Waals surface area contributed by atoms with Gasteiger partial charge in [-0.15, -0.1) is 0 Å². The number of rotatable bonds is 11. The van der Waals surface area contributed by atoms with Crippen LogP contribution in [0.1, 0.15) is 48.8 Å². The number of nitrogens with zero attached hydrogens (tertiary/aromatic N) is 2. The number of nitrogens with one attached hydrogen (secondary N) is 1. The fourth-order valence-corrected chi connectivity index (χ4v) is 6.16. The summed E-state index contributed by atoms with van der Waals surface area (Å²) < 4.78 is 26.8. The van der Waals surface area contributed by atoms with E-state index in [4.69, 9.17) is 0 Å². The normalized spacial score (nSPS) is 14.8. The summed E-state index contributed by atoms with van der Waals surface area (Å²) in [6, 6.07) is 25.3. The van der Waals surface area contributed by atoms with Gasteiger partial charge in [0.25, 0.3) is 0 Å². The molecule has 1 aliphatic carbocycles. The molecule has 212 valence electrons. The summed E-state index contributed by atoms with van der Waals surface area (Å²) in [5, 5.41) is 3.22. The molecule has 1 fully saturated rings. The summed E-state index contributed by atoms with van der Waals surface area (Å²) in [4.78, 5) is 29.6. The molecule has 0 saturated heterocycles. The Hall–Kier alpha value is -3.65. The highest BCUT2D eigenvalue weighted by atomic mass is 32.2. The van der Waals surface area contributed by atoms with Gasteiger partial charge in [0.1, 0.15) is 12.6 Å². The van der Waals surface area contributed by atoms with Crippen molar-refractivity contribution >= 4 is 27.5 Å². The minimum atomic E-state index is -3.77. The second kappa shape index (κ2) is 13.6. The zero-order valence-electron chi connectivity index (χ0n) is 23.3. The van der Waals surface area contributed by atoms with Crippen LogP contribution in [0.25, 0.3) is 0 Å². The molecule has 0 radical (unpaired) electrons. The number of hydrogen-bond donors (Lipinski definition) is 1. The molecule has 0 spiro atoms. The average molecular weight is 562 g/mol. The minimum absolute atomic E-state index is 0.0762. The van der Waals surface area contributed by atoms with Gasteiger partial charge in [0.15, 0.2) is 0 Å². The maximum Gasteiger partial charge on any atom is 0.244 e. The molecule has 0 bridgehead atoms. The van der Waals surface area contributed by atoms with E-state index in [-0.39, 0.29) is 18.5 Å². The number of para-hydroxylation sites is 1. The Morgan fingerprint density at radius 3 is 2.12 bits per heavy atom. The molecule has 0 aromatic heterocycles. The van der Waals surface area contributed by atoms with E-state index in [9.17, 15) is 18.0 Å². The van der Waals surface area contributed by atoms with E-state index in [0.717, 1.165) is 52.9 Å². The molecule has 40 heavy (non-hydrogen) atoms. The van der Waals surface area contributed by atoms with Crippen LogP contribution in [0.2, 0.25) is 0 Å². The van der Waals surface area contributed by atoms with Crippen LogP contribution in [-0.2, 0) is 32.6 Å². The molecule has 2 amide bonds. The zero-order valence-corrected chi connectivity index (χ0v) is 24.1. The first-order chi connectivity index (χ1) is 19.2. The van der Waals surface area contributed by atoms with E-state index in [2.05, 4.69) is 5.32 Å². The molecular weight excluding hydrogens is 522 g/mol. The van der Waals surface area contributed by atoms with Crippen molar-refractivity contribution in [1.29, 1.82) is 0 Å². The Morgan fingerprint density at radius 1 is 0.875 bits per heavy atom. The van der Waals surface area contributed by atoms with Crippen LogP contribution >= 0.6 is 0 Å². The van der Waals surface area contributed by atoms with Gasteiger partial charge in [-0.05, 0) is 43.0 Å². The van der Waals surface area contributed by atoms with Crippen LogP contribution in [0.3, 0.4) is 0 Å². The largest absolute Gasteiger partial charge is 0.352 e. The molecule has 1 N–H and O–H groups in total. The number of carbonyl (C=O) groups is 2.